The standard InChI is InChI=1S/C15H19NO3/c1-3-4-9-19-15-13-8-6-5-7-12(13)14(18)16(15)10-11(2)17/h5-8,15H,3-4,9-10H2,1-2H3. The lowest BCUT2D eigenvalue weighted by molar-refractivity contribution is -0.121. The van der Waals surface area contributed by atoms with Crippen molar-refractivity contribution in [3.8, 4) is 0 Å². The molecule has 0 spiro atoms. The van der Waals surface area contributed by atoms with Gasteiger partial charge in [-0.25, -0.2) is 0 Å². The Morgan fingerprint density at radius 2 is 2.11 bits per heavy atom. The van der Waals surface area contributed by atoms with Gasteiger partial charge in [0.05, 0.1) is 6.54 Å². The van der Waals surface area contributed by atoms with E-state index in [1.54, 1.807) is 6.07 Å². The van der Waals surface area contributed by atoms with Crippen LogP contribution in [0.3, 0.4) is 0 Å². The number of amides is 1. The van der Waals surface area contributed by atoms with Crippen molar-refractivity contribution in [3.63, 3.8) is 0 Å². The molecule has 0 aromatic heterocycles. The molecular formula is C15H19NO3. The number of rotatable bonds is 6. The molecule has 0 radical (unpaired) electrons. The van der Waals surface area contributed by atoms with Gasteiger partial charge in [-0.3, -0.25) is 9.59 Å². The first-order valence-corrected chi connectivity index (χ1v) is 6.66. The largest absolute Gasteiger partial charge is 0.354 e. The van der Waals surface area contributed by atoms with E-state index in [0.29, 0.717) is 12.2 Å². The number of hydrogen-bond donors (Lipinski definition) is 0. The summed E-state index contributed by atoms with van der Waals surface area (Å²) in [5.41, 5.74) is 1.51. The van der Waals surface area contributed by atoms with Crippen LogP contribution in [-0.2, 0) is 9.53 Å². The number of benzene rings is 1. The van der Waals surface area contributed by atoms with Gasteiger partial charge in [0.15, 0.2) is 6.23 Å². The summed E-state index contributed by atoms with van der Waals surface area (Å²) in [5.74, 6) is -0.155. The van der Waals surface area contributed by atoms with Crippen LogP contribution in [-0.4, -0.2) is 29.7 Å². The maximum Gasteiger partial charge on any atom is 0.257 e. The van der Waals surface area contributed by atoms with Gasteiger partial charge < -0.3 is 9.64 Å². The first-order chi connectivity index (χ1) is 9.15. The van der Waals surface area contributed by atoms with E-state index >= 15 is 0 Å². The molecule has 1 unspecified atom stereocenters. The van der Waals surface area contributed by atoms with Crippen LogP contribution in [0.1, 0.15) is 48.8 Å². The Balaban J connectivity index is 2.23. The van der Waals surface area contributed by atoms with Crippen molar-refractivity contribution < 1.29 is 14.3 Å². The topological polar surface area (TPSA) is 46.6 Å². The third kappa shape index (κ3) is 2.84. The fourth-order valence-corrected chi connectivity index (χ4v) is 2.25. The maximum atomic E-state index is 12.3. The summed E-state index contributed by atoms with van der Waals surface area (Å²) in [7, 11) is 0. The molecule has 0 N–H and O–H groups in total. The second kappa shape index (κ2) is 5.97. The number of fused-ring (bicyclic) bond motifs is 1. The average molecular weight is 261 g/mol. The zero-order valence-corrected chi connectivity index (χ0v) is 11.4. The molecule has 1 aliphatic rings. The van der Waals surface area contributed by atoms with Crippen LogP contribution < -0.4 is 0 Å². The Kier molecular flexibility index (Phi) is 4.32. The number of nitrogens with zero attached hydrogens (tertiary/aromatic N) is 1. The highest BCUT2D eigenvalue weighted by Crippen LogP contribution is 2.34. The van der Waals surface area contributed by atoms with E-state index in [1.165, 1.54) is 11.8 Å². The quantitative estimate of drug-likeness (QED) is 0.739. The summed E-state index contributed by atoms with van der Waals surface area (Å²) in [6.07, 6.45) is 1.56. The maximum absolute atomic E-state index is 12.3. The van der Waals surface area contributed by atoms with Gasteiger partial charge in [-0.15, -0.1) is 0 Å². The second-order valence-corrected chi connectivity index (χ2v) is 4.80. The average Bonchev–Trinajstić information content (AvgIpc) is 2.64. The smallest absolute Gasteiger partial charge is 0.257 e. The molecule has 1 aromatic carbocycles. The van der Waals surface area contributed by atoms with Crippen LogP contribution in [0, 0.1) is 0 Å². The van der Waals surface area contributed by atoms with Gasteiger partial charge in [-0.05, 0) is 19.4 Å². The molecule has 0 bridgehead atoms. The zero-order valence-electron chi connectivity index (χ0n) is 11.4. The second-order valence-electron chi connectivity index (χ2n) is 4.80. The normalized spacial score (nSPS) is 17.7. The van der Waals surface area contributed by atoms with Crippen molar-refractivity contribution in [2.45, 2.75) is 32.9 Å². The molecule has 19 heavy (non-hydrogen) atoms. The number of ether oxygens (including phenoxy) is 1. The lowest BCUT2D eigenvalue weighted by Gasteiger charge is -2.24. The number of unbranched alkanes of at least 4 members (excludes halogenated alkanes) is 1. The van der Waals surface area contributed by atoms with E-state index in [2.05, 4.69) is 6.92 Å². The molecule has 102 valence electrons. The Hall–Kier alpha value is -1.68. The lowest BCUT2D eigenvalue weighted by Crippen LogP contribution is -2.33. The molecule has 0 aliphatic carbocycles. The molecule has 1 heterocycles. The van der Waals surface area contributed by atoms with Crippen molar-refractivity contribution in [1.29, 1.82) is 0 Å². The fraction of sp³-hybridized carbons (Fsp3) is 0.467. The molecule has 4 heteroatoms. The van der Waals surface area contributed by atoms with E-state index in [-0.39, 0.29) is 18.2 Å². The molecule has 0 saturated heterocycles. The first kappa shape index (κ1) is 13.7. The van der Waals surface area contributed by atoms with Crippen molar-refractivity contribution >= 4 is 11.7 Å². The van der Waals surface area contributed by atoms with Gasteiger partial charge >= 0.3 is 0 Å². The van der Waals surface area contributed by atoms with Crippen LogP contribution in [0.5, 0.6) is 0 Å². The number of Topliss-reactive ketones (excluding diaryl/α,β-unsaturated/α-hetero) is 1. The molecule has 1 amide bonds. The number of ketones is 1. The van der Waals surface area contributed by atoms with Crippen LogP contribution >= 0.6 is 0 Å². The minimum atomic E-state index is -0.417. The highest BCUT2D eigenvalue weighted by atomic mass is 16.5. The van der Waals surface area contributed by atoms with E-state index in [0.717, 1.165) is 18.4 Å². The molecule has 4 nitrogen and oxygen atoms in total. The van der Waals surface area contributed by atoms with Crippen molar-refractivity contribution in [2.75, 3.05) is 13.2 Å². The van der Waals surface area contributed by atoms with Gasteiger partial charge in [0.25, 0.3) is 5.91 Å². The van der Waals surface area contributed by atoms with E-state index < -0.39 is 6.23 Å². The third-order valence-electron chi connectivity index (χ3n) is 3.17. The summed E-state index contributed by atoms with van der Waals surface area (Å²) < 4.78 is 5.81. The molecule has 2 rings (SSSR count). The van der Waals surface area contributed by atoms with Crippen LogP contribution in [0.15, 0.2) is 24.3 Å². The molecule has 1 aliphatic heterocycles. The molecule has 0 saturated carbocycles. The SMILES string of the molecule is CCCCOC1c2ccccc2C(=O)N1CC(C)=O. The van der Waals surface area contributed by atoms with Gasteiger partial charge in [-0.2, -0.15) is 0 Å². The Morgan fingerprint density at radius 3 is 2.79 bits per heavy atom. The Morgan fingerprint density at radius 1 is 1.37 bits per heavy atom. The summed E-state index contributed by atoms with van der Waals surface area (Å²) in [4.78, 5) is 25.1. The van der Waals surface area contributed by atoms with Crippen LogP contribution in [0.4, 0.5) is 0 Å². The molecular weight excluding hydrogens is 242 g/mol. The minimum absolute atomic E-state index is 0.0368. The van der Waals surface area contributed by atoms with E-state index in [1.807, 2.05) is 18.2 Å². The zero-order chi connectivity index (χ0) is 13.8. The van der Waals surface area contributed by atoms with Crippen molar-refractivity contribution in [1.82, 2.24) is 4.90 Å². The number of carbonyl (C=O) groups excluding carboxylic acids is 2. The van der Waals surface area contributed by atoms with Crippen molar-refractivity contribution in [3.05, 3.63) is 35.4 Å². The minimum Gasteiger partial charge on any atom is -0.354 e. The lowest BCUT2D eigenvalue weighted by atomic mass is 10.1. The van der Waals surface area contributed by atoms with Gasteiger partial charge in [0.1, 0.15) is 5.78 Å². The molecule has 1 atom stereocenters. The van der Waals surface area contributed by atoms with Crippen LogP contribution in [0.2, 0.25) is 0 Å². The third-order valence-corrected chi connectivity index (χ3v) is 3.17. The molecule has 0 fully saturated rings. The predicted octanol–water partition coefficient (Wildman–Crippen LogP) is 2.55. The predicted molar refractivity (Wildman–Crippen MR) is 71.8 cm³/mol. The van der Waals surface area contributed by atoms with E-state index in [9.17, 15) is 9.59 Å². The first-order valence-electron chi connectivity index (χ1n) is 6.66. The Labute approximate surface area is 113 Å². The number of carbonyl (C=O) groups is 2. The number of hydrogen-bond acceptors (Lipinski definition) is 3. The van der Waals surface area contributed by atoms with Gasteiger partial charge in [-0.1, -0.05) is 31.5 Å². The highest BCUT2D eigenvalue weighted by molar-refractivity contribution is 6.00. The summed E-state index contributed by atoms with van der Waals surface area (Å²) in [6.45, 7) is 4.27. The van der Waals surface area contributed by atoms with Gasteiger partial charge in [0.2, 0.25) is 0 Å². The van der Waals surface area contributed by atoms with Gasteiger partial charge in [0, 0.05) is 17.7 Å². The summed E-state index contributed by atoms with van der Waals surface area (Å²) in [6, 6.07) is 7.40. The fourth-order valence-electron chi connectivity index (χ4n) is 2.25. The van der Waals surface area contributed by atoms with Crippen molar-refractivity contribution in [2.24, 2.45) is 0 Å². The summed E-state index contributed by atoms with van der Waals surface area (Å²) >= 11 is 0. The van der Waals surface area contributed by atoms with Crippen LogP contribution in [0.25, 0.3) is 0 Å². The Bertz CT molecular complexity index is 484. The highest BCUT2D eigenvalue weighted by Gasteiger charge is 2.37. The monoisotopic (exact) mass is 261 g/mol. The summed E-state index contributed by atoms with van der Waals surface area (Å²) in [5, 5.41) is 0. The van der Waals surface area contributed by atoms with E-state index in [4.69, 9.17) is 4.74 Å². The molecule has 1 aromatic rings.